The molecule has 19 heavy (non-hydrogen) atoms. The van der Waals surface area contributed by atoms with E-state index in [2.05, 4.69) is 39.1 Å². The van der Waals surface area contributed by atoms with Gasteiger partial charge in [-0.15, -0.1) is 0 Å². The van der Waals surface area contributed by atoms with E-state index in [1.165, 1.54) is 0 Å². The van der Waals surface area contributed by atoms with E-state index >= 15 is 0 Å². The predicted octanol–water partition coefficient (Wildman–Crippen LogP) is 0.888. The molecular weight excluding hydrogens is 264 g/mol. The third-order valence-corrected chi connectivity index (χ3v) is 4.01. The molecule has 1 aromatic rings. The summed E-state index contributed by atoms with van der Waals surface area (Å²) < 4.78 is 5.53. The lowest BCUT2D eigenvalue weighted by molar-refractivity contribution is 0.312. The number of hydrazine groups is 1. The number of rotatable bonds is 4. The Morgan fingerprint density at radius 3 is 2.84 bits per heavy atom. The Bertz CT molecular complexity index is 441. The van der Waals surface area contributed by atoms with Crippen LogP contribution in [0.5, 0.6) is 6.01 Å². The number of aromatic nitrogens is 3. The number of nitrogens with one attached hydrogen (secondary N) is 1. The molecule has 0 aromatic carbocycles. The van der Waals surface area contributed by atoms with Crippen molar-refractivity contribution in [3.8, 4) is 6.01 Å². The van der Waals surface area contributed by atoms with Crippen LogP contribution < -0.4 is 20.9 Å². The normalized spacial score (nSPS) is 18.2. The molecule has 1 aromatic heterocycles. The zero-order chi connectivity index (χ0) is 13.9. The standard InChI is InChI=1S/C11H20N6OS/c1-4-18-10-14-8(16-12)13-9(15-10)17-5-6-19-11(2,3)7-17/h4-7,12H2,1-3H3,(H,13,14,15,16). The zero-order valence-corrected chi connectivity index (χ0v) is 12.3. The maximum Gasteiger partial charge on any atom is 0.323 e. The minimum Gasteiger partial charge on any atom is -0.464 e. The molecule has 1 aliphatic rings. The lowest BCUT2D eigenvalue weighted by Gasteiger charge is -2.37. The van der Waals surface area contributed by atoms with Gasteiger partial charge >= 0.3 is 6.01 Å². The van der Waals surface area contributed by atoms with Crippen molar-refractivity contribution in [3.05, 3.63) is 0 Å². The van der Waals surface area contributed by atoms with Crippen LogP contribution in [0.1, 0.15) is 20.8 Å². The number of nitrogens with two attached hydrogens (primary N) is 1. The molecule has 0 atom stereocenters. The zero-order valence-electron chi connectivity index (χ0n) is 11.5. The topological polar surface area (TPSA) is 89.2 Å². The fourth-order valence-electron chi connectivity index (χ4n) is 1.93. The monoisotopic (exact) mass is 284 g/mol. The van der Waals surface area contributed by atoms with Crippen LogP contribution >= 0.6 is 11.8 Å². The van der Waals surface area contributed by atoms with E-state index in [4.69, 9.17) is 10.6 Å². The Hall–Kier alpha value is -1.28. The predicted molar refractivity (Wildman–Crippen MR) is 77.6 cm³/mol. The fraction of sp³-hybridized carbons (Fsp3) is 0.727. The van der Waals surface area contributed by atoms with Gasteiger partial charge in [0.15, 0.2) is 0 Å². The van der Waals surface area contributed by atoms with Crippen LogP contribution in [0.3, 0.4) is 0 Å². The van der Waals surface area contributed by atoms with Gasteiger partial charge in [0.1, 0.15) is 0 Å². The van der Waals surface area contributed by atoms with Crippen molar-refractivity contribution in [1.82, 2.24) is 15.0 Å². The number of ether oxygens (including phenoxy) is 1. The Morgan fingerprint density at radius 1 is 1.42 bits per heavy atom. The number of nitrogen functional groups attached to an aromatic ring is 1. The lowest BCUT2D eigenvalue weighted by atomic mass is 10.2. The Balaban J connectivity index is 2.25. The van der Waals surface area contributed by atoms with E-state index in [-0.39, 0.29) is 4.75 Å². The number of hydrogen-bond acceptors (Lipinski definition) is 8. The lowest BCUT2D eigenvalue weighted by Crippen LogP contribution is -2.44. The van der Waals surface area contributed by atoms with E-state index in [0.717, 1.165) is 18.8 Å². The van der Waals surface area contributed by atoms with Crippen LogP contribution in [0.4, 0.5) is 11.9 Å². The minimum absolute atomic E-state index is 0.187. The van der Waals surface area contributed by atoms with Crippen LogP contribution in [0.15, 0.2) is 0 Å². The molecule has 0 aliphatic carbocycles. The summed E-state index contributed by atoms with van der Waals surface area (Å²) in [5.41, 5.74) is 2.45. The van der Waals surface area contributed by atoms with Gasteiger partial charge in [-0.1, -0.05) is 0 Å². The number of anilines is 2. The van der Waals surface area contributed by atoms with E-state index in [9.17, 15) is 0 Å². The smallest absolute Gasteiger partial charge is 0.323 e. The SMILES string of the molecule is CCOc1nc(NN)nc(N2CCSC(C)(C)C2)n1. The van der Waals surface area contributed by atoms with Gasteiger partial charge in [0, 0.05) is 23.6 Å². The maximum atomic E-state index is 5.39. The summed E-state index contributed by atoms with van der Waals surface area (Å²) in [5, 5.41) is 0. The van der Waals surface area contributed by atoms with Crippen LogP contribution in [0, 0.1) is 0 Å². The van der Waals surface area contributed by atoms with E-state index < -0.39 is 0 Å². The van der Waals surface area contributed by atoms with Gasteiger partial charge in [0.2, 0.25) is 11.9 Å². The molecule has 2 heterocycles. The summed E-state index contributed by atoms with van der Waals surface area (Å²) in [7, 11) is 0. The molecule has 0 unspecified atom stereocenters. The second kappa shape index (κ2) is 5.79. The van der Waals surface area contributed by atoms with Gasteiger partial charge in [-0.3, -0.25) is 5.43 Å². The van der Waals surface area contributed by atoms with Crippen LogP contribution in [0.25, 0.3) is 0 Å². The molecular formula is C11H20N6OS. The quantitative estimate of drug-likeness (QED) is 0.622. The third-order valence-electron chi connectivity index (χ3n) is 2.71. The second-order valence-electron chi connectivity index (χ2n) is 4.85. The number of hydrogen-bond donors (Lipinski definition) is 2. The summed E-state index contributed by atoms with van der Waals surface area (Å²) in [6.07, 6.45) is 0. The van der Waals surface area contributed by atoms with Gasteiger partial charge in [-0.2, -0.15) is 26.7 Å². The summed E-state index contributed by atoms with van der Waals surface area (Å²) in [6, 6.07) is 0.302. The molecule has 2 rings (SSSR count). The highest BCUT2D eigenvalue weighted by Gasteiger charge is 2.29. The molecule has 0 bridgehead atoms. The van der Waals surface area contributed by atoms with Crippen molar-refractivity contribution in [2.24, 2.45) is 5.84 Å². The second-order valence-corrected chi connectivity index (χ2v) is 6.65. The largest absolute Gasteiger partial charge is 0.464 e. The summed E-state index contributed by atoms with van der Waals surface area (Å²) >= 11 is 1.96. The van der Waals surface area contributed by atoms with Crippen molar-refractivity contribution in [2.45, 2.75) is 25.5 Å². The molecule has 8 heteroatoms. The molecule has 7 nitrogen and oxygen atoms in total. The molecule has 1 aliphatic heterocycles. The molecule has 3 N–H and O–H groups in total. The van der Waals surface area contributed by atoms with Gasteiger partial charge in [-0.25, -0.2) is 5.84 Å². The Kier molecular flexibility index (Phi) is 4.31. The van der Waals surface area contributed by atoms with E-state index in [0.29, 0.717) is 24.5 Å². The van der Waals surface area contributed by atoms with Crippen molar-refractivity contribution >= 4 is 23.7 Å². The molecule has 0 saturated carbocycles. The van der Waals surface area contributed by atoms with Gasteiger partial charge in [-0.05, 0) is 20.8 Å². The van der Waals surface area contributed by atoms with Crippen molar-refractivity contribution in [1.29, 1.82) is 0 Å². The number of thioether (sulfide) groups is 1. The minimum atomic E-state index is 0.187. The molecule has 106 valence electrons. The first-order valence-electron chi connectivity index (χ1n) is 6.28. The molecule has 0 spiro atoms. The fourth-order valence-corrected chi connectivity index (χ4v) is 3.04. The number of nitrogens with zero attached hydrogens (tertiary/aromatic N) is 4. The van der Waals surface area contributed by atoms with Crippen LogP contribution in [-0.2, 0) is 0 Å². The molecule has 0 radical (unpaired) electrons. The van der Waals surface area contributed by atoms with Crippen LogP contribution in [-0.4, -0.2) is 45.1 Å². The molecule has 1 saturated heterocycles. The van der Waals surface area contributed by atoms with E-state index in [1.807, 2.05) is 18.7 Å². The highest BCUT2D eigenvalue weighted by atomic mass is 32.2. The van der Waals surface area contributed by atoms with Crippen molar-refractivity contribution < 1.29 is 4.74 Å². The first-order chi connectivity index (χ1) is 9.04. The summed E-state index contributed by atoms with van der Waals surface area (Å²) in [6.45, 7) is 8.63. The maximum absolute atomic E-state index is 5.39. The first kappa shape index (κ1) is 14.1. The summed E-state index contributed by atoms with van der Waals surface area (Å²) in [5.74, 6) is 7.37. The van der Waals surface area contributed by atoms with Crippen molar-refractivity contribution in [2.75, 3.05) is 35.8 Å². The Morgan fingerprint density at radius 2 is 2.21 bits per heavy atom. The molecule has 1 fully saturated rings. The highest BCUT2D eigenvalue weighted by molar-refractivity contribution is 8.00. The van der Waals surface area contributed by atoms with Gasteiger partial charge in [0.25, 0.3) is 0 Å². The highest BCUT2D eigenvalue weighted by Crippen LogP contribution is 2.31. The average molecular weight is 284 g/mol. The molecule has 0 amide bonds. The van der Waals surface area contributed by atoms with Crippen molar-refractivity contribution in [3.63, 3.8) is 0 Å². The Labute approximate surface area is 117 Å². The van der Waals surface area contributed by atoms with Gasteiger partial charge in [0.05, 0.1) is 6.61 Å². The third kappa shape index (κ3) is 3.60. The average Bonchev–Trinajstić information content (AvgIpc) is 2.37. The first-order valence-corrected chi connectivity index (χ1v) is 7.27. The van der Waals surface area contributed by atoms with Crippen LogP contribution in [0.2, 0.25) is 0 Å². The summed E-state index contributed by atoms with van der Waals surface area (Å²) in [4.78, 5) is 14.8. The van der Waals surface area contributed by atoms with Gasteiger partial charge < -0.3 is 9.64 Å². The van der Waals surface area contributed by atoms with E-state index in [1.54, 1.807) is 0 Å².